The van der Waals surface area contributed by atoms with Crippen LogP contribution in [0.15, 0.2) is 24.3 Å². The molecule has 36 heavy (non-hydrogen) atoms. The molecule has 1 fully saturated rings. The molecule has 3 rings (SSSR count). The molecule has 1 aliphatic heterocycles. The topological polar surface area (TPSA) is 99.9 Å². The molecule has 9 heteroatoms. The molecule has 8 nitrogen and oxygen atoms in total. The molecule has 0 amide bonds. The number of carboxylic acids is 1. The molecule has 2 heterocycles. The first-order valence-corrected chi connectivity index (χ1v) is 12.2. The van der Waals surface area contributed by atoms with Gasteiger partial charge in [0.1, 0.15) is 17.2 Å². The van der Waals surface area contributed by atoms with Crippen LogP contribution in [0.2, 0.25) is 0 Å². The highest BCUT2D eigenvalue weighted by atomic mass is 19.1. The lowest BCUT2D eigenvalue weighted by Crippen LogP contribution is -2.54. The first-order valence-electron chi connectivity index (χ1n) is 12.2. The van der Waals surface area contributed by atoms with E-state index in [1.165, 1.54) is 12.1 Å². The number of carbonyl (C=O) groups excluding carboxylic acids is 1. The van der Waals surface area contributed by atoms with Gasteiger partial charge in [0, 0.05) is 18.5 Å². The number of benzene rings is 1. The summed E-state index contributed by atoms with van der Waals surface area (Å²) in [6, 6.07) is 5.80. The SMILES string of the molecule is CC(C)c1c(C(=O)O)nc(-c2ccc(F)cc2)n1CC[C@]1(C)C[C@H](C(=O)OC(C)(C)C)OC(C)(C)O1. The number of ether oxygens (including phenoxy) is 3. The summed E-state index contributed by atoms with van der Waals surface area (Å²) in [4.78, 5) is 29.3. The largest absolute Gasteiger partial charge is 0.476 e. The van der Waals surface area contributed by atoms with Crippen molar-refractivity contribution in [2.75, 3.05) is 0 Å². The van der Waals surface area contributed by atoms with E-state index in [0.29, 0.717) is 30.0 Å². The van der Waals surface area contributed by atoms with E-state index in [4.69, 9.17) is 14.2 Å². The monoisotopic (exact) mass is 504 g/mol. The molecule has 0 unspecified atom stereocenters. The van der Waals surface area contributed by atoms with Gasteiger partial charge >= 0.3 is 11.9 Å². The molecule has 0 spiro atoms. The maximum atomic E-state index is 13.6. The number of hydrogen-bond donors (Lipinski definition) is 1. The summed E-state index contributed by atoms with van der Waals surface area (Å²) in [6.45, 7) is 15.0. The van der Waals surface area contributed by atoms with Gasteiger partial charge in [-0.2, -0.15) is 0 Å². The number of halogens is 1. The van der Waals surface area contributed by atoms with Crippen LogP contribution in [-0.2, 0) is 25.5 Å². The van der Waals surface area contributed by atoms with Crippen LogP contribution in [0, 0.1) is 5.82 Å². The van der Waals surface area contributed by atoms with E-state index in [-0.39, 0.29) is 18.0 Å². The molecule has 1 aromatic heterocycles. The van der Waals surface area contributed by atoms with Gasteiger partial charge in [0.15, 0.2) is 17.6 Å². The van der Waals surface area contributed by atoms with Crippen molar-refractivity contribution in [3.05, 3.63) is 41.5 Å². The van der Waals surface area contributed by atoms with Crippen molar-refractivity contribution in [2.24, 2.45) is 0 Å². The van der Waals surface area contributed by atoms with E-state index in [9.17, 15) is 19.1 Å². The Balaban J connectivity index is 1.96. The van der Waals surface area contributed by atoms with Crippen molar-refractivity contribution in [3.63, 3.8) is 0 Å². The Morgan fingerprint density at radius 2 is 1.83 bits per heavy atom. The summed E-state index contributed by atoms with van der Waals surface area (Å²) in [5.41, 5.74) is -0.282. The first kappa shape index (κ1) is 27.8. The van der Waals surface area contributed by atoms with Gasteiger partial charge in [-0.3, -0.25) is 0 Å². The number of carboxylic acid groups (broad SMARTS) is 1. The average Bonchev–Trinajstić information content (AvgIpc) is 3.10. The maximum absolute atomic E-state index is 13.6. The fraction of sp³-hybridized carbons (Fsp3) is 0.593. The van der Waals surface area contributed by atoms with Crippen LogP contribution in [0.1, 0.15) is 90.3 Å². The van der Waals surface area contributed by atoms with Crippen molar-refractivity contribution in [1.82, 2.24) is 9.55 Å². The Labute approximate surface area is 211 Å². The minimum absolute atomic E-state index is 0.0330. The third-order valence-corrected chi connectivity index (χ3v) is 5.93. The number of hydrogen-bond acceptors (Lipinski definition) is 6. The lowest BCUT2D eigenvalue weighted by molar-refractivity contribution is -0.329. The van der Waals surface area contributed by atoms with Gasteiger partial charge in [-0.05, 0) is 78.1 Å². The van der Waals surface area contributed by atoms with Gasteiger partial charge in [0.25, 0.3) is 0 Å². The lowest BCUT2D eigenvalue weighted by Gasteiger charge is -2.46. The zero-order chi connectivity index (χ0) is 27.1. The van der Waals surface area contributed by atoms with Crippen molar-refractivity contribution in [2.45, 2.75) is 104 Å². The van der Waals surface area contributed by atoms with Crippen LogP contribution < -0.4 is 0 Å². The smallest absolute Gasteiger partial charge is 0.356 e. The Morgan fingerprint density at radius 3 is 2.36 bits per heavy atom. The second-order valence-corrected chi connectivity index (χ2v) is 11.3. The van der Waals surface area contributed by atoms with Gasteiger partial charge in [-0.25, -0.2) is 19.0 Å². The molecule has 0 saturated carbocycles. The first-order chi connectivity index (χ1) is 16.5. The highest BCUT2D eigenvalue weighted by molar-refractivity contribution is 5.88. The Morgan fingerprint density at radius 1 is 1.22 bits per heavy atom. The van der Waals surface area contributed by atoms with E-state index in [2.05, 4.69) is 4.98 Å². The predicted molar refractivity (Wildman–Crippen MR) is 132 cm³/mol. The second-order valence-electron chi connectivity index (χ2n) is 11.3. The number of esters is 1. The summed E-state index contributed by atoms with van der Waals surface area (Å²) in [7, 11) is 0. The third kappa shape index (κ3) is 6.50. The fourth-order valence-electron chi connectivity index (χ4n) is 4.69. The summed E-state index contributed by atoms with van der Waals surface area (Å²) in [5, 5.41) is 9.84. The Hall–Kier alpha value is -2.78. The summed E-state index contributed by atoms with van der Waals surface area (Å²) in [6.07, 6.45) is -0.0894. The molecule has 1 saturated heterocycles. The molecule has 198 valence electrons. The van der Waals surface area contributed by atoms with E-state index >= 15 is 0 Å². The van der Waals surface area contributed by atoms with E-state index in [1.54, 1.807) is 46.8 Å². The average molecular weight is 505 g/mol. The fourth-order valence-corrected chi connectivity index (χ4v) is 4.69. The van der Waals surface area contributed by atoms with E-state index in [0.717, 1.165) is 0 Å². The van der Waals surface area contributed by atoms with Gasteiger partial charge in [0.2, 0.25) is 0 Å². The number of nitrogens with zero attached hydrogens (tertiary/aromatic N) is 2. The van der Waals surface area contributed by atoms with Gasteiger partial charge < -0.3 is 23.9 Å². The van der Waals surface area contributed by atoms with Crippen molar-refractivity contribution in [3.8, 4) is 11.4 Å². The molecule has 1 N–H and O–H groups in total. The highest BCUT2D eigenvalue weighted by Crippen LogP contribution is 2.38. The van der Waals surface area contributed by atoms with Gasteiger partial charge in [-0.15, -0.1) is 0 Å². The number of imidazole rings is 1. The molecular weight excluding hydrogens is 467 g/mol. The Kier molecular flexibility index (Phi) is 7.67. The second kappa shape index (κ2) is 9.94. The normalized spacial score (nSPS) is 22.0. The quantitative estimate of drug-likeness (QED) is 0.494. The van der Waals surface area contributed by atoms with Gasteiger partial charge in [0.05, 0.1) is 11.3 Å². The Bertz CT molecular complexity index is 1120. The van der Waals surface area contributed by atoms with Crippen LogP contribution in [0.3, 0.4) is 0 Å². The number of rotatable bonds is 7. The molecule has 1 aromatic carbocycles. The zero-order valence-corrected chi connectivity index (χ0v) is 22.3. The molecule has 1 aliphatic rings. The van der Waals surface area contributed by atoms with E-state index < -0.39 is 40.8 Å². The summed E-state index contributed by atoms with van der Waals surface area (Å²) < 4.78 is 33.2. The standard InChI is InChI=1S/C27H37FN2O6/c1-16(2)21-20(23(31)32)29-22(17-9-11-18(28)12-10-17)30(21)14-13-27(8)15-19(34-26(6,7)36-27)24(33)35-25(3,4)5/h9-12,16,19H,13-15H2,1-8H3,(H,31,32)/t19-,27-/m1/s1. The number of aromatic nitrogens is 2. The van der Waals surface area contributed by atoms with Crippen LogP contribution in [-0.4, -0.2) is 49.7 Å². The van der Waals surface area contributed by atoms with Crippen molar-refractivity contribution < 1.29 is 33.3 Å². The molecule has 0 aliphatic carbocycles. The van der Waals surface area contributed by atoms with Crippen LogP contribution >= 0.6 is 0 Å². The molecular formula is C27H37FN2O6. The predicted octanol–water partition coefficient (Wildman–Crippen LogP) is 5.54. The zero-order valence-electron chi connectivity index (χ0n) is 22.3. The minimum Gasteiger partial charge on any atom is -0.476 e. The highest BCUT2D eigenvalue weighted by Gasteiger charge is 2.46. The summed E-state index contributed by atoms with van der Waals surface area (Å²) in [5.74, 6) is -2.69. The van der Waals surface area contributed by atoms with Crippen molar-refractivity contribution >= 4 is 11.9 Å². The van der Waals surface area contributed by atoms with Crippen LogP contribution in [0.4, 0.5) is 4.39 Å². The maximum Gasteiger partial charge on any atom is 0.356 e. The van der Waals surface area contributed by atoms with Gasteiger partial charge in [-0.1, -0.05) is 13.8 Å². The van der Waals surface area contributed by atoms with Crippen molar-refractivity contribution in [1.29, 1.82) is 0 Å². The van der Waals surface area contributed by atoms with Crippen LogP contribution in [0.5, 0.6) is 0 Å². The third-order valence-electron chi connectivity index (χ3n) is 5.93. The minimum atomic E-state index is -1.12. The molecule has 2 atom stereocenters. The van der Waals surface area contributed by atoms with Crippen LogP contribution in [0.25, 0.3) is 11.4 Å². The lowest BCUT2D eigenvalue weighted by atomic mass is 9.91. The number of aromatic carboxylic acids is 1. The molecule has 0 radical (unpaired) electrons. The molecule has 2 aromatic rings. The van der Waals surface area contributed by atoms with E-state index in [1.807, 2.05) is 25.3 Å². The molecule has 0 bridgehead atoms. The number of carbonyl (C=O) groups is 2. The summed E-state index contributed by atoms with van der Waals surface area (Å²) >= 11 is 0.